The number of nitrogens with two attached hydrogens (primary N) is 2. The van der Waals surface area contributed by atoms with Crippen LogP contribution >= 0.6 is 23.5 Å². The van der Waals surface area contributed by atoms with Gasteiger partial charge in [0.05, 0.1) is 6.61 Å². The van der Waals surface area contributed by atoms with E-state index >= 15 is 0 Å². The maximum Gasteiger partial charge on any atom is 0.322 e. The predicted molar refractivity (Wildman–Crippen MR) is 138 cm³/mol. The van der Waals surface area contributed by atoms with Crippen molar-refractivity contribution in [1.29, 1.82) is 0 Å². The molecule has 0 aromatic rings. The number of carbonyl (C=O) groups is 2. The molecule has 0 bridgehead atoms. The van der Waals surface area contributed by atoms with Crippen LogP contribution in [0.1, 0.15) is 79.1 Å². The van der Waals surface area contributed by atoms with E-state index in [1.807, 2.05) is 0 Å². The van der Waals surface area contributed by atoms with Crippen LogP contribution < -0.4 is 11.5 Å². The molecule has 0 saturated heterocycles. The molecule has 0 saturated carbocycles. The zero-order valence-electron chi connectivity index (χ0n) is 20.8. The number of aliphatic hydroxyl groups excluding tert-OH is 1. The van der Waals surface area contributed by atoms with Crippen molar-refractivity contribution in [3.63, 3.8) is 0 Å². The number of carboxylic acids is 1. The summed E-state index contributed by atoms with van der Waals surface area (Å²) in [6.07, 6.45) is 9.16. The van der Waals surface area contributed by atoms with E-state index in [9.17, 15) is 9.59 Å². The molecule has 6 N–H and O–H groups in total. The third kappa shape index (κ3) is 65.2. The molecule has 0 aromatic heterocycles. The van der Waals surface area contributed by atoms with E-state index in [2.05, 4.69) is 33.5 Å². The van der Waals surface area contributed by atoms with Gasteiger partial charge >= 0.3 is 11.9 Å². The highest BCUT2D eigenvalue weighted by atomic mass is 35.6. The first-order valence-corrected chi connectivity index (χ1v) is 15.5. The molecule has 0 amide bonds. The molecular weight excluding hydrogens is 459 g/mol. The van der Waals surface area contributed by atoms with Gasteiger partial charge in [0.25, 0.3) is 0 Å². The number of unbranched alkanes of at least 4 members (excludes halogenated alkanes) is 6. The van der Waals surface area contributed by atoms with Gasteiger partial charge < -0.3 is 26.4 Å². The number of carbonyl (C=O) groups excluding carboxylic acids is 1. The lowest BCUT2D eigenvalue weighted by atomic mass is 10.2. The first-order valence-electron chi connectivity index (χ1n) is 10.9. The van der Waals surface area contributed by atoms with Crippen LogP contribution in [0.15, 0.2) is 0 Å². The molecule has 0 radical (unpaired) electrons. The summed E-state index contributed by atoms with van der Waals surface area (Å²) in [5.74, 6) is -1.26. The Labute approximate surface area is 202 Å². The second kappa shape index (κ2) is 29.6. The van der Waals surface area contributed by atoms with Crippen LogP contribution in [-0.2, 0) is 14.3 Å². The lowest BCUT2D eigenvalue weighted by molar-refractivity contribution is -0.145. The van der Waals surface area contributed by atoms with E-state index in [4.69, 9.17) is 37.5 Å². The van der Waals surface area contributed by atoms with E-state index in [0.717, 1.165) is 19.3 Å². The van der Waals surface area contributed by atoms with Crippen LogP contribution in [0.5, 0.6) is 0 Å². The van der Waals surface area contributed by atoms with Crippen molar-refractivity contribution < 1.29 is 24.5 Å². The van der Waals surface area contributed by atoms with Gasteiger partial charge in [-0.25, -0.2) is 0 Å². The number of esters is 1. The average molecular weight is 510 g/mol. The summed E-state index contributed by atoms with van der Waals surface area (Å²) < 4.78 is 4.89. The molecule has 0 heterocycles. The smallest absolute Gasteiger partial charge is 0.322 e. The average Bonchev–Trinajstić information content (AvgIpc) is 2.61. The highest BCUT2D eigenvalue weighted by Gasteiger charge is 2.07. The summed E-state index contributed by atoms with van der Waals surface area (Å²) in [6, 6.07) is -1.22. The molecule has 0 fully saturated rings. The Balaban J connectivity index is -0.000000103. The molecular formula is C21H50Cl2N2O5Si. The Morgan fingerprint density at radius 1 is 0.903 bits per heavy atom. The van der Waals surface area contributed by atoms with E-state index in [0.29, 0.717) is 13.2 Å². The molecule has 0 aliphatic carbocycles. The SMILES string of the molecule is CCCCCCO.CCCCCCOC(=O)[C@H](C)N.C[C@H](N)C(=O)O.C[Si](C)(C)Cl.Cl. The largest absolute Gasteiger partial charge is 0.480 e. The Morgan fingerprint density at radius 3 is 1.52 bits per heavy atom. The first kappa shape index (κ1) is 40.9. The zero-order chi connectivity index (χ0) is 24.6. The summed E-state index contributed by atoms with van der Waals surface area (Å²) in [6.45, 7) is 14.5. The monoisotopic (exact) mass is 508 g/mol. The summed E-state index contributed by atoms with van der Waals surface area (Å²) in [4.78, 5) is 20.4. The van der Waals surface area contributed by atoms with E-state index < -0.39 is 25.4 Å². The van der Waals surface area contributed by atoms with Crippen LogP contribution in [0.2, 0.25) is 19.6 Å². The summed E-state index contributed by atoms with van der Waals surface area (Å²) >= 11 is 5.67. The molecule has 0 aliphatic rings. The highest BCUT2D eigenvalue weighted by molar-refractivity contribution is 7.18. The van der Waals surface area contributed by atoms with Crippen molar-refractivity contribution in [3.8, 4) is 0 Å². The standard InChI is InChI=1S/C9H19NO2.C6H14O.C3H9ClSi.C3H7NO2.ClH/c1-3-4-5-6-7-12-9(11)8(2)10;1-2-3-4-5-6-7;1-5(2,3)4;1-2(4)3(5)6;/h8H,3-7,10H2,1-2H3;7H,2-6H2,1H3;1-3H3;2H,4H2,1H3,(H,5,6);1H/t8-;;;2-;/m0..0./s1. The number of aliphatic carboxylic acids is 1. The Bertz CT molecular complexity index is 373. The third-order valence-electron chi connectivity index (χ3n) is 3.02. The fraction of sp³-hybridized carbons (Fsp3) is 0.905. The maximum absolute atomic E-state index is 10.8. The molecule has 10 heteroatoms. The molecule has 7 nitrogen and oxygen atoms in total. The molecule has 31 heavy (non-hydrogen) atoms. The minimum absolute atomic E-state index is 0. The van der Waals surface area contributed by atoms with Gasteiger partial charge in [0.15, 0.2) is 0 Å². The van der Waals surface area contributed by atoms with Gasteiger partial charge in [0, 0.05) is 6.61 Å². The van der Waals surface area contributed by atoms with Gasteiger partial charge in [0.2, 0.25) is 0 Å². The molecule has 0 aromatic carbocycles. The van der Waals surface area contributed by atoms with Crippen molar-refractivity contribution in [1.82, 2.24) is 0 Å². The van der Waals surface area contributed by atoms with Gasteiger partial charge in [-0.15, -0.1) is 12.4 Å². The number of halogens is 2. The number of hydrogen-bond acceptors (Lipinski definition) is 6. The van der Waals surface area contributed by atoms with Crippen molar-refractivity contribution in [3.05, 3.63) is 0 Å². The van der Waals surface area contributed by atoms with Gasteiger partial charge in [-0.1, -0.05) is 72.0 Å². The lowest BCUT2D eigenvalue weighted by Gasteiger charge is -2.06. The minimum atomic E-state index is -1.14. The Morgan fingerprint density at radius 2 is 1.26 bits per heavy atom. The molecule has 0 unspecified atom stereocenters. The Kier molecular flexibility index (Phi) is 39.1. The molecule has 0 rings (SSSR count). The van der Waals surface area contributed by atoms with Crippen LogP contribution in [0, 0.1) is 0 Å². The summed E-state index contributed by atoms with van der Waals surface area (Å²) in [5.41, 5.74) is 10.1. The van der Waals surface area contributed by atoms with Crippen LogP contribution in [0.3, 0.4) is 0 Å². The first-order chi connectivity index (χ1) is 13.7. The van der Waals surface area contributed by atoms with Crippen LogP contribution in [0.25, 0.3) is 0 Å². The topological polar surface area (TPSA) is 136 Å². The van der Waals surface area contributed by atoms with Gasteiger partial charge in [-0.2, -0.15) is 11.1 Å². The second-order valence-corrected chi connectivity index (χ2v) is 15.5. The number of carboxylic acid groups (broad SMARTS) is 1. The van der Waals surface area contributed by atoms with Crippen molar-refractivity contribution in [2.24, 2.45) is 11.5 Å². The highest BCUT2D eigenvalue weighted by Crippen LogP contribution is 2.03. The fourth-order valence-corrected chi connectivity index (χ4v) is 1.37. The number of rotatable bonds is 11. The normalized spacial score (nSPS) is 11.6. The predicted octanol–water partition coefficient (Wildman–Crippen LogP) is 4.92. The Hall–Kier alpha value is -0.383. The molecule has 2 atom stereocenters. The minimum Gasteiger partial charge on any atom is -0.480 e. The number of hydrogen-bond donors (Lipinski definition) is 4. The number of ether oxygens (including phenoxy) is 1. The van der Waals surface area contributed by atoms with E-state index in [1.165, 1.54) is 39.0 Å². The molecule has 192 valence electrons. The second-order valence-electron chi connectivity index (χ2n) is 7.99. The van der Waals surface area contributed by atoms with Crippen molar-refractivity contribution >= 4 is 42.8 Å². The molecule has 0 spiro atoms. The fourth-order valence-electron chi connectivity index (χ4n) is 1.37. The lowest BCUT2D eigenvalue weighted by Crippen LogP contribution is -2.28. The third-order valence-corrected chi connectivity index (χ3v) is 3.02. The number of aliphatic hydroxyl groups is 1. The van der Waals surface area contributed by atoms with Gasteiger partial charge in [0.1, 0.15) is 19.5 Å². The van der Waals surface area contributed by atoms with E-state index in [-0.39, 0.29) is 18.4 Å². The van der Waals surface area contributed by atoms with Gasteiger partial charge in [-0.3, -0.25) is 9.59 Å². The van der Waals surface area contributed by atoms with Gasteiger partial charge in [-0.05, 0) is 26.7 Å². The van der Waals surface area contributed by atoms with E-state index in [1.54, 1.807) is 6.92 Å². The molecule has 0 aliphatic heterocycles. The van der Waals surface area contributed by atoms with Crippen LogP contribution in [0.4, 0.5) is 0 Å². The van der Waals surface area contributed by atoms with Crippen molar-refractivity contribution in [2.75, 3.05) is 13.2 Å². The zero-order valence-corrected chi connectivity index (χ0v) is 23.4. The summed E-state index contributed by atoms with van der Waals surface area (Å²) in [5, 5.41) is 16.2. The van der Waals surface area contributed by atoms with Crippen LogP contribution in [-0.4, -0.2) is 54.8 Å². The quantitative estimate of drug-likeness (QED) is 0.134. The van der Waals surface area contributed by atoms with Crippen molar-refractivity contribution in [2.45, 2.75) is 111 Å². The summed E-state index contributed by atoms with van der Waals surface area (Å²) in [7, 11) is -1.14. The maximum atomic E-state index is 10.8.